The summed E-state index contributed by atoms with van der Waals surface area (Å²) in [5.74, 6) is -2.02. The molecule has 0 spiro atoms. The third-order valence-corrected chi connectivity index (χ3v) is 4.36. The fourth-order valence-electron chi connectivity index (χ4n) is 2.66. The Bertz CT molecular complexity index is 762. The third kappa shape index (κ3) is 5.81. The Morgan fingerprint density at radius 2 is 1.86 bits per heavy atom. The van der Waals surface area contributed by atoms with Gasteiger partial charge in [0.1, 0.15) is 6.04 Å². The number of carboxylic acids is 1. The lowest BCUT2D eigenvalue weighted by atomic mass is 10.1. The van der Waals surface area contributed by atoms with Gasteiger partial charge >= 0.3 is 12.1 Å². The van der Waals surface area contributed by atoms with E-state index in [1.54, 1.807) is 11.9 Å². The van der Waals surface area contributed by atoms with Crippen molar-refractivity contribution >= 4 is 23.9 Å². The fourth-order valence-corrected chi connectivity index (χ4v) is 2.66. The zero-order chi connectivity index (χ0) is 20.9. The average Bonchev–Trinajstić information content (AvgIpc) is 2.64. The van der Waals surface area contributed by atoms with Gasteiger partial charge < -0.3 is 15.3 Å². The van der Waals surface area contributed by atoms with Crippen LogP contribution in [-0.4, -0.2) is 72.0 Å². The minimum Gasteiger partial charge on any atom is -0.480 e. The van der Waals surface area contributed by atoms with E-state index in [0.29, 0.717) is 18.7 Å². The zero-order valence-corrected chi connectivity index (χ0v) is 15.1. The first-order valence-electron chi connectivity index (χ1n) is 8.42. The first-order valence-corrected chi connectivity index (χ1v) is 8.42. The summed E-state index contributed by atoms with van der Waals surface area (Å²) in [5.41, 5.74) is -0.385. The molecule has 0 aromatic heterocycles. The number of piperazine rings is 1. The molecular weight excluding hydrogens is 379 g/mol. The van der Waals surface area contributed by atoms with Crippen LogP contribution in [0.1, 0.15) is 11.1 Å². The number of carbonyl (C=O) groups is 3. The number of nitrogens with zero attached hydrogens (tertiary/aromatic N) is 2. The Morgan fingerprint density at radius 1 is 1.21 bits per heavy atom. The Morgan fingerprint density at radius 3 is 2.43 bits per heavy atom. The molecule has 0 unspecified atom stereocenters. The molecule has 10 heteroatoms. The Kier molecular flexibility index (Phi) is 6.79. The van der Waals surface area contributed by atoms with Gasteiger partial charge in [-0.25, -0.2) is 0 Å². The molecule has 1 aromatic carbocycles. The smallest absolute Gasteiger partial charge is 0.416 e. The highest BCUT2D eigenvalue weighted by atomic mass is 19.4. The van der Waals surface area contributed by atoms with Crippen molar-refractivity contribution in [3.63, 3.8) is 0 Å². The highest BCUT2D eigenvalue weighted by Crippen LogP contribution is 2.29. The average molecular weight is 399 g/mol. The van der Waals surface area contributed by atoms with Crippen molar-refractivity contribution in [2.75, 3.05) is 33.2 Å². The number of nitrogens with one attached hydrogen (secondary N) is 1. The maximum atomic E-state index is 12.5. The lowest BCUT2D eigenvalue weighted by molar-refractivity contribution is -0.147. The van der Waals surface area contributed by atoms with Gasteiger partial charge in [-0.15, -0.1) is 0 Å². The first kappa shape index (κ1) is 21.4. The summed E-state index contributed by atoms with van der Waals surface area (Å²) >= 11 is 0. The SMILES string of the molecule is CN1CCN(C(=O)CNC(=O)/C=C/c2ccc(C(F)(F)F)cc2)C[C@@H]1C(=O)O. The number of hydrogen-bond acceptors (Lipinski definition) is 4. The van der Waals surface area contributed by atoms with Gasteiger partial charge in [-0.3, -0.25) is 19.3 Å². The molecule has 2 rings (SSSR count). The van der Waals surface area contributed by atoms with Gasteiger partial charge in [0.05, 0.1) is 12.1 Å². The molecule has 0 radical (unpaired) electrons. The van der Waals surface area contributed by atoms with Crippen molar-refractivity contribution in [3.8, 4) is 0 Å². The van der Waals surface area contributed by atoms with E-state index in [0.717, 1.165) is 18.2 Å². The standard InChI is InChI=1S/C18H20F3N3O4/c1-23-8-9-24(11-14(23)17(27)28)16(26)10-22-15(25)7-4-12-2-5-13(6-3-12)18(19,20)21/h2-7,14H,8-11H2,1H3,(H,22,25)(H,27,28)/b7-4+/t14-/m1/s1. The molecule has 0 aliphatic carbocycles. The lowest BCUT2D eigenvalue weighted by Crippen LogP contribution is -2.57. The van der Waals surface area contributed by atoms with Gasteiger partial charge in [0, 0.05) is 25.7 Å². The van der Waals surface area contributed by atoms with E-state index in [2.05, 4.69) is 5.32 Å². The minimum atomic E-state index is -4.43. The highest BCUT2D eigenvalue weighted by Gasteiger charge is 2.32. The predicted molar refractivity (Wildman–Crippen MR) is 94.1 cm³/mol. The monoisotopic (exact) mass is 399 g/mol. The summed E-state index contributed by atoms with van der Waals surface area (Å²) in [6.07, 6.45) is -1.99. The molecule has 0 bridgehead atoms. The van der Waals surface area contributed by atoms with Crippen LogP contribution in [0.3, 0.4) is 0 Å². The number of likely N-dealkylation sites (N-methyl/N-ethyl adjacent to an activating group) is 1. The van der Waals surface area contributed by atoms with Crippen LogP contribution in [0.15, 0.2) is 30.3 Å². The molecule has 0 saturated carbocycles. The van der Waals surface area contributed by atoms with Crippen molar-refractivity contribution in [2.45, 2.75) is 12.2 Å². The van der Waals surface area contributed by atoms with E-state index in [1.165, 1.54) is 23.1 Å². The molecule has 28 heavy (non-hydrogen) atoms. The highest BCUT2D eigenvalue weighted by molar-refractivity contribution is 5.94. The van der Waals surface area contributed by atoms with E-state index in [4.69, 9.17) is 5.11 Å². The molecule has 1 aliphatic rings. The van der Waals surface area contributed by atoms with Crippen LogP contribution in [-0.2, 0) is 20.6 Å². The number of hydrogen-bond donors (Lipinski definition) is 2. The number of aliphatic carboxylic acids is 1. The van der Waals surface area contributed by atoms with Crippen LogP contribution in [0.5, 0.6) is 0 Å². The molecule has 1 saturated heterocycles. The summed E-state index contributed by atoms with van der Waals surface area (Å²) in [4.78, 5) is 38.1. The number of carboxylic acid groups (broad SMARTS) is 1. The van der Waals surface area contributed by atoms with Crippen LogP contribution in [0, 0.1) is 0 Å². The van der Waals surface area contributed by atoms with E-state index in [1.807, 2.05) is 0 Å². The maximum absolute atomic E-state index is 12.5. The van der Waals surface area contributed by atoms with E-state index in [-0.39, 0.29) is 13.1 Å². The predicted octanol–water partition coefficient (Wildman–Crippen LogP) is 1.06. The minimum absolute atomic E-state index is 0.0297. The van der Waals surface area contributed by atoms with Crippen molar-refractivity contribution in [1.29, 1.82) is 0 Å². The van der Waals surface area contributed by atoms with E-state index in [9.17, 15) is 27.6 Å². The molecular formula is C18H20F3N3O4. The van der Waals surface area contributed by atoms with Gasteiger partial charge in [-0.05, 0) is 30.8 Å². The molecule has 1 aliphatic heterocycles. The number of alkyl halides is 3. The summed E-state index contributed by atoms with van der Waals surface area (Å²) < 4.78 is 37.5. The van der Waals surface area contributed by atoms with Gasteiger partial charge in [0.25, 0.3) is 0 Å². The van der Waals surface area contributed by atoms with Crippen LogP contribution in [0.2, 0.25) is 0 Å². The number of amides is 2. The van der Waals surface area contributed by atoms with Crippen molar-refractivity contribution < 1.29 is 32.7 Å². The van der Waals surface area contributed by atoms with Gasteiger partial charge in [-0.1, -0.05) is 12.1 Å². The molecule has 152 valence electrons. The molecule has 1 heterocycles. The number of carbonyl (C=O) groups excluding carboxylic acids is 2. The fraction of sp³-hybridized carbons (Fsp3) is 0.389. The molecule has 1 aromatic rings. The third-order valence-electron chi connectivity index (χ3n) is 4.36. The van der Waals surface area contributed by atoms with Gasteiger partial charge in [0.15, 0.2) is 0 Å². The first-order chi connectivity index (χ1) is 13.1. The summed E-state index contributed by atoms with van der Waals surface area (Å²) in [6.45, 7) is 0.495. The Balaban J connectivity index is 1.84. The van der Waals surface area contributed by atoms with Crippen LogP contribution >= 0.6 is 0 Å². The van der Waals surface area contributed by atoms with Crippen molar-refractivity contribution in [1.82, 2.24) is 15.1 Å². The zero-order valence-electron chi connectivity index (χ0n) is 15.1. The van der Waals surface area contributed by atoms with Gasteiger partial charge in [-0.2, -0.15) is 13.2 Å². The summed E-state index contributed by atoms with van der Waals surface area (Å²) in [6, 6.07) is 3.48. The van der Waals surface area contributed by atoms with Crippen LogP contribution < -0.4 is 5.32 Å². The normalized spacial score (nSPS) is 18.3. The van der Waals surface area contributed by atoms with Crippen LogP contribution in [0.25, 0.3) is 6.08 Å². The largest absolute Gasteiger partial charge is 0.480 e. The number of benzene rings is 1. The molecule has 7 nitrogen and oxygen atoms in total. The second-order valence-corrected chi connectivity index (χ2v) is 6.35. The Hall–Kier alpha value is -2.88. The molecule has 1 fully saturated rings. The van der Waals surface area contributed by atoms with Crippen molar-refractivity contribution in [2.24, 2.45) is 0 Å². The van der Waals surface area contributed by atoms with Crippen LogP contribution in [0.4, 0.5) is 13.2 Å². The van der Waals surface area contributed by atoms with Gasteiger partial charge in [0.2, 0.25) is 11.8 Å². The number of rotatable bonds is 5. The van der Waals surface area contributed by atoms with E-state index < -0.39 is 35.6 Å². The summed E-state index contributed by atoms with van der Waals surface area (Å²) in [5, 5.41) is 11.5. The number of halogens is 3. The lowest BCUT2D eigenvalue weighted by Gasteiger charge is -2.37. The topological polar surface area (TPSA) is 90.0 Å². The quantitative estimate of drug-likeness (QED) is 0.723. The second-order valence-electron chi connectivity index (χ2n) is 6.35. The molecule has 2 amide bonds. The summed E-state index contributed by atoms with van der Waals surface area (Å²) in [7, 11) is 1.66. The molecule has 2 N–H and O–H groups in total. The maximum Gasteiger partial charge on any atom is 0.416 e. The van der Waals surface area contributed by atoms with E-state index >= 15 is 0 Å². The molecule has 1 atom stereocenters. The van der Waals surface area contributed by atoms with Crippen molar-refractivity contribution in [3.05, 3.63) is 41.5 Å². The second kappa shape index (κ2) is 8.87. The Labute approximate surface area is 159 Å².